The molecule has 2 heterocycles. The number of para-hydroxylation sites is 2. The van der Waals surface area contributed by atoms with Crippen LogP contribution in [-0.4, -0.2) is 34.0 Å². The van der Waals surface area contributed by atoms with E-state index >= 15 is 0 Å². The molecule has 152 valence electrons. The van der Waals surface area contributed by atoms with Gasteiger partial charge >= 0.3 is 0 Å². The van der Waals surface area contributed by atoms with Gasteiger partial charge in [0.25, 0.3) is 5.91 Å². The number of carbonyl (C=O) groups is 1. The van der Waals surface area contributed by atoms with Crippen LogP contribution in [0.2, 0.25) is 0 Å². The predicted molar refractivity (Wildman–Crippen MR) is 114 cm³/mol. The Balaban J connectivity index is 0.00000240. The van der Waals surface area contributed by atoms with Crippen LogP contribution in [0, 0.1) is 0 Å². The average Bonchev–Trinajstić information content (AvgIpc) is 3.25. The number of carbonyl (C=O) groups excluding carboxylic acids is 1. The summed E-state index contributed by atoms with van der Waals surface area (Å²) in [4.78, 5) is 12.7. The number of anilines is 1. The van der Waals surface area contributed by atoms with E-state index in [0.717, 1.165) is 37.2 Å². The third-order valence-corrected chi connectivity index (χ3v) is 4.83. The molecule has 8 heteroatoms. The lowest BCUT2D eigenvalue weighted by Crippen LogP contribution is -2.29. The minimum absolute atomic E-state index is 0. The van der Waals surface area contributed by atoms with E-state index in [4.69, 9.17) is 4.74 Å². The fourth-order valence-electron chi connectivity index (χ4n) is 3.26. The molecule has 3 aromatic rings. The van der Waals surface area contributed by atoms with Gasteiger partial charge in [0.15, 0.2) is 5.69 Å². The summed E-state index contributed by atoms with van der Waals surface area (Å²) in [5, 5.41) is 14.5. The summed E-state index contributed by atoms with van der Waals surface area (Å²) in [6.45, 7) is 2.28. The highest BCUT2D eigenvalue weighted by Crippen LogP contribution is 2.20. The van der Waals surface area contributed by atoms with Crippen molar-refractivity contribution in [2.45, 2.75) is 25.5 Å². The summed E-state index contributed by atoms with van der Waals surface area (Å²) >= 11 is 0. The lowest BCUT2D eigenvalue weighted by molar-refractivity contribution is 0.102. The molecule has 1 aliphatic rings. The molecule has 1 fully saturated rings. The zero-order valence-electron chi connectivity index (χ0n) is 16.0. The maximum Gasteiger partial charge on any atom is 0.277 e. The van der Waals surface area contributed by atoms with Gasteiger partial charge in [-0.3, -0.25) is 4.79 Å². The summed E-state index contributed by atoms with van der Waals surface area (Å²) in [6.07, 6.45) is 3.71. The van der Waals surface area contributed by atoms with Gasteiger partial charge < -0.3 is 15.4 Å². The van der Waals surface area contributed by atoms with E-state index in [1.807, 2.05) is 54.6 Å². The largest absolute Gasteiger partial charge is 0.489 e. The highest BCUT2D eigenvalue weighted by Gasteiger charge is 2.19. The standard InChI is InChI=1S/C21H23N5O2.ClH/c27-21(20-14-26(25-24-20)17-10-12-22-13-11-17)23-19-9-5-4-6-16(19)15-28-18-7-2-1-3-8-18;/h1-9,14,17,22H,10-13,15H2,(H,23,27);1H. The first-order chi connectivity index (χ1) is 13.8. The topological polar surface area (TPSA) is 81.1 Å². The van der Waals surface area contributed by atoms with Crippen LogP contribution in [0.1, 0.15) is 34.9 Å². The van der Waals surface area contributed by atoms with Gasteiger partial charge in [0, 0.05) is 11.3 Å². The van der Waals surface area contributed by atoms with Gasteiger partial charge in [-0.2, -0.15) is 0 Å². The van der Waals surface area contributed by atoms with Gasteiger partial charge in [0.1, 0.15) is 12.4 Å². The van der Waals surface area contributed by atoms with Crippen molar-refractivity contribution in [1.82, 2.24) is 20.3 Å². The molecule has 2 N–H and O–H groups in total. The molecule has 1 aliphatic heterocycles. The zero-order chi connectivity index (χ0) is 19.2. The zero-order valence-corrected chi connectivity index (χ0v) is 16.8. The Labute approximate surface area is 175 Å². The molecule has 0 unspecified atom stereocenters. The van der Waals surface area contributed by atoms with Crippen LogP contribution in [0.25, 0.3) is 0 Å². The molecular weight excluding hydrogens is 390 g/mol. The van der Waals surface area contributed by atoms with E-state index < -0.39 is 0 Å². The van der Waals surface area contributed by atoms with Crippen LogP contribution >= 0.6 is 12.4 Å². The van der Waals surface area contributed by atoms with Crippen LogP contribution in [-0.2, 0) is 6.61 Å². The number of hydrogen-bond donors (Lipinski definition) is 2. The lowest BCUT2D eigenvalue weighted by atomic mass is 10.1. The Hall–Kier alpha value is -2.90. The number of nitrogens with zero attached hydrogens (tertiary/aromatic N) is 3. The maximum atomic E-state index is 12.7. The van der Waals surface area contributed by atoms with Gasteiger partial charge in [-0.15, -0.1) is 17.5 Å². The molecule has 4 rings (SSSR count). The van der Waals surface area contributed by atoms with E-state index in [1.54, 1.807) is 10.9 Å². The number of amides is 1. The first-order valence-electron chi connectivity index (χ1n) is 9.49. The summed E-state index contributed by atoms with van der Waals surface area (Å²) < 4.78 is 7.62. The van der Waals surface area contributed by atoms with Crippen LogP contribution in [0.4, 0.5) is 5.69 Å². The Bertz CT molecular complexity index is 926. The minimum Gasteiger partial charge on any atom is -0.489 e. The molecule has 1 amide bonds. The summed E-state index contributed by atoms with van der Waals surface area (Å²) in [7, 11) is 0. The third-order valence-electron chi connectivity index (χ3n) is 4.83. The summed E-state index contributed by atoms with van der Waals surface area (Å²) in [5.74, 6) is 0.515. The molecule has 7 nitrogen and oxygen atoms in total. The first-order valence-corrected chi connectivity index (χ1v) is 9.49. The van der Waals surface area contributed by atoms with Gasteiger partial charge in [-0.05, 0) is 44.1 Å². The molecule has 0 saturated carbocycles. The molecule has 0 atom stereocenters. The Kier molecular flexibility index (Phi) is 7.21. The number of piperidine rings is 1. The SMILES string of the molecule is Cl.O=C(Nc1ccccc1COc1ccccc1)c1cn(C2CCNCC2)nn1. The summed E-state index contributed by atoms with van der Waals surface area (Å²) in [6, 6.07) is 17.5. The molecular formula is C21H24ClN5O2. The van der Waals surface area contributed by atoms with Crippen LogP contribution < -0.4 is 15.4 Å². The molecule has 29 heavy (non-hydrogen) atoms. The van der Waals surface area contributed by atoms with E-state index in [-0.39, 0.29) is 18.3 Å². The highest BCUT2D eigenvalue weighted by atomic mass is 35.5. The number of rotatable bonds is 6. The van der Waals surface area contributed by atoms with Crippen molar-refractivity contribution >= 4 is 24.0 Å². The highest BCUT2D eigenvalue weighted by molar-refractivity contribution is 6.03. The normalized spacial score (nSPS) is 14.1. The number of aromatic nitrogens is 3. The van der Waals surface area contributed by atoms with Gasteiger partial charge in [-0.25, -0.2) is 4.68 Å². The molecule has 1 aromatic heterocycles. The molecule has 0 aliphatic carbocycles. The smallest absolute Gasteiger partial charge is 0.277 e. The van der Waals surface area contributed by atoms with Crippen molar-refractivity contribution in [3.8, 4) is 5.75 Å². The van der Waals surface area contributed by atoms with E-state index in [9.17, 15) is 4.79 Å². The van der Waals surface area contributed by atoms with Crippen molar-refractivity contribution in [1.29, 1.82) is 0 Å². The quantitative estimate of drug-likeness (QED) is 0.646. The number of hydrogen-bond acceptors (Lipinski definition) is 5. The van der Waals surface area contributed by atoms with Crippen molar-refractivity contribution in [3.05, 3.63) is 72.1 Å². The Morgan fingerprint density at radius 1 is 1.10 bits per heavy atom. The summed E-state index contributed by atoms with van der Waals surface area (Å²) in [5.41, 5.74) is 1.92. The predicted octanol–water partition coefficient (Wildman–Crippen LogP) is 3.46. The second kappa shape index (κ2) is 10.0. The van der Waals surface area contributed by atoms with Gasteiger partial charge in [0.2, 0.25) is 0 Å². The van der Waals surface area contributed by atoms with Crippen molar-refractivity contribution < 1.29 is 9.53 Å². The number of halogens is 1. The maximum absolute atomic E-state index is 12.7. The third kappa shape index (κ3) is 5.34. The molecule has 2 aromatic carbocycles. The number of nitrogens with one attached hydrogen (secondary N) is 2. The molecule has 0 bridgehead atoms. The van der Waals surface area contributed by atoms with Crippen molar-refractivity contribution in [3.63, 3.8) is 0 Å². The number of benzene rings is 2. The fraction of sp³-hybridized carbons (Fsp3) is 0.286. The van der Waals surface area contributed by atoms with Crippen LogP contribution in [0.15, 0.2) is 60.8 Å². The second-order valence-corrected chi connectivity index (χ2v) is 6.78. The average molecular weight is 414 g/mol. The van der Waals surface area contributed by atoms with Crippen molar-refractivity contribution in [2.24, 2.45) is 0 Å². The van der Waals surface area contributed by atoms with Gasteiger partial charge in [-0.1, -0.05) is 41.6 Å². The minimum atomic E-state index is -0.271. The van der Waals surface area contributed by atoms with Gasteiger partial charge in [0.05, 0.1) is 12.2 Å². The Morgan fingerprint density at radius 2 is 1.83 bits per heavy atom. The number of ether oxygens (including phenoxy) is 1. The first kappa shape index (κ1) is 20.8. The lowest BCUT2D eigenvalue weighted by Gasteiger charge is -2.22. The van der Waals surface area contributed by atoms with Crippen LogP contribution in [0.3, 0.4) is 0 Å². The van der Waals surface area contributed by atoms with Crippen LogP contribution in [0.5, 0.6) is 5.75 Å². The monoisotopic (exact) mass is 413 g/mol. The molecule has 1 saturated heterocycles. The van der Waals surface area contributed by atoms with E-state index in [0.29, 0.717) is 24.0 Å². The second-order valence-electron chi connectivity index (χ2n) is 6.78. The van der Waals surface area contributed by atoms with Crippen molar-refractivity contribution in [2.75, 3.05) is 18.4 Å². The fourth-order valence-corrected chi connectivity index (χ4v) is 3.26. The van der Waals surface area contributed by atoms with E-state index in [1.165, 1.54) is 0 Å². The molecule has 0 spiro atoms. The molecule has 0 radical (unpaired) electrons. The Morgan fingerprint density at radius 3 is 2.62 bits per heavy atom. The van der Waals surface area contributed by atoms with E-state index in [2.05, 4.69) is 20.9 Å².